The Bertz CT molecular complexity index is 261. The molecule has 0 aliphatic heterocycles. The molecule has 0 radical (unpaired) electrons. The van der Waals surface area contributed by atoms with Crippen LogP contribution in [0.2, 0.25) is 0 Å². The molecule has 1 nitrogen and oxygen atoms in total. The number of rotatable bonds is 0. The van der Waals surface area contributed by atoms with E-state index in [4.69, 9.17) is 0 Å². The van der Waals surface area contributed by atoms with Crippen molar-refractivity contribution < 1.29 is 0 Å². The summed E-state index contributed by atoms with van der Waals surface area (Å²) in [6.07, 6.45) is 1.78. The van der Waals surface area contributed by atoms with Gasteiger partial charge in [-0.05, 0) is 26.0 Å². The van der Waals surface area contributed by atoms with E-state index in [0.29, 0.717) is 0 Å². The second-order valence-electron chi connectivity index (χ2n) is 2.06. The molecule has 0 saturated carbocycles. The van der Waals surface area contributed by atoms with E-state index in [1.54, 1.807) is 6.20 Å². The first-order valence-electron chi connectivity index (χ1n) is 4.18. The Morgan fingerprint density at radius 3 is 2.33 bits per heavy atom. The smallest absolute Gasteiger partial charge is 0.0428 e. The van der Waals surface area contributed by atoms with E-state index in [1.807, 2.05) is 39.8 Å². The van der Waals surface area contributed by atoms with Gasteiger partial charge in [-0.1, -0.05) is 19.8 Å². The maximum Gasteiger partial charge on any atom is 0.0428 e. The van der Waals surface area contributed by atoms with Gasteiger partial charge < -0.3 is 0 Å². The Hall–Kier alpha value is -1.29. The lowest BCUT2D eigenvalue weighted by Crippen LogP contribution is -1.80. The average Bonchev–Trinajstić information content (AvgIpc) is 2.13. The Labute approximate surface area is 74.8 Å². The monoisotopic (exact) mass is 161 g/mol. The third-order valence-electron chi connectivity index (χ3n) is 1.18. The molecule has 12 heavy (non-hydrogen) atoms. The standard InChI is InChI=1S/C9H9N.C2H6/c1-3-4-9-6-5-8(2)10-7-9;1-2/h5-7H,1-2H3;1-2H3. The molecular formula is C11H15N. The molecule has 0 aliphatic carbocycles. The van der Waals surface area contributed by atoms with Crippen LogP contribution in [0.25, 0.3) is 0 Å². The Morgan fingerprint density at radius 1 is 1.25 bits per heavy atom. The van der Waals surface area contributed by atoms with Crippen LogP contribution in [0.15, 0.2) is 18.3 Å². The van der Waals surface area contributed by atoms with Crippen LogP contribution in [-0.2, 0) is 0 Å². The van der Waals surface area contributed by atoms with Gasteiger partial charge in [0.25, 0.3) is 0 Å². The molecule has 0 amide bonds. The fourth-order valence-corrected chi connectivity index (χ4v) is 0.686. The normalized spacial score (nSPS) is 7.33. The van der Waals surface area contributed by atoms with Crippen molar-refractivity contribution in [2.45, 2.75) is 27.7 Å². The minimum absolute atomic E-state index is 0.980. The second kappa shape index (κ2) is 6.42. The van der Waals surface area contributed by atoms with Crippen molar-refractivity contribution in [3.63, 3.8) is 0 Å². The maximum absolute atomic E-state index is 4.10. The van der Waals surface area contributed by atoms with Crippen molar-refractivity contribution in [2.75, 3.05) is 0 Å². The molecule has 0 saturated heterocycles. The highest BCUT2D eigenvalue weighted by Crippen LogP contribution is 1.95. The molecule has 1 aromatic heterocycles. The first kappa shape index (κ1) is 10.7. The summed E-state index contributed by atoms with van der Waals surface area (Å²) in [7, 11) is 0. The predicted molar refractivity (Wildman–Crippen MR) is 52.9 cm³/mol. The van der Waals surface area contributed by atoms with Crippen LogP contribution in [0.4, 0.5) is 0 Å². The number of nitrogens with zero attached hydrogens (tertiary/aromatic N) is 1. The lowest BCUT2D eigenvalue weighted by Gasteiger charge is -1.89. The SMILES string of the molecule is CC.CC#Cc1ccc(C)nc1. The summed E-state index contributed by atoms with van der Waals surface area (Å²) >= 11 is 0. The number of aromatic nitrogens is 1. The molecule has 1 aromatic rings. The zero-order valence-corrected chi connectivity index (χ0v) is 8.18. The van der Waals surface area contributed by atoms with Crippen LogP contribution in [0.1, 0.15) is 32.0 Å². The zero-order valence-electron chi connectivity index (χ0n) is 8.18. The van der Waals surface area contributed by atoms with E-state index in [2.05, 4.69) is 16.8 Å². The van der Waals surface area contributed by atoms with Crippen LogP contribution in [0.5, 0.6) is 0 Å². The van der Waals surface area contributed by atoms with Crippen LogP contribution < -0.4 is 0 Å². The third kappa shape index (κ3) is 3.78. The molecule has 0 spiro atoms. The summed E-state index contributed by atoms with van der Waals surface area (Å²) in [6.45, 7) is 7.78. The van der Waals surface area contributed by atoms with Gasteiger partial charge in [-0.2, -0.15) is 0 Å². The molecular weight excluding hydrogens is 146 g/mol. The fraction of sp³-hybridized carbons (Fsp3) is 0.364. The number of aryl methyl sites for hydroxylation is 1. The average molecular weight is 161 g/mol. The van der Waals surface area contributed by atoms with Crippen LogP contribution in [0.3, 0.4) is 0 Å². The van der Waals surface area contributed by atoms with Gasteiger partial charge in [-0.3, -0.25) is 4.98 Å². The molecule has 1 heterocycles. The zero-order chi connectivity index (χ0) is 9.40. The molecule has 0 N–H and O–H groups in total. The Kier molecular flexibility index (Phi) is 5.73. The predicted octanol–water partition coefficient (Wildman–Crippen LogP) is 2.79. The first-order chi connectivity index (χ1) is 5.83. The van der Waals surface area contributed by atoms with Crippen molar-refractivity contribution in [3.05, 3.63) is 29.6 Å². The minimum atomic E-state index is 0.980. The summed E-state index contributed by atoms with van der Waals surface area (Å²) in [6, 6.07) is 3.93. The molecule has 0 unspecified atom stereocenters. The Balaban J connectivity index is 0.000000561. The fourth-order valence-electron chi connectivity index (χ4n) is 0.686. The molecule has 64 valence electrons. The van der Waals surface area contributed by atoms with E-state index in [1.165, 1.54) is 0 Å². The van der Waals surface area contributed by atoms with E-state index in [9.17, 15) is 0 Å². The quantitative estimate of drug-likeness (QED) is 0.533. The van der Waals surface area contributed by atoms with Gasteiger partial charge in [0.15, 0.2) is 0 Å². The molecule has 0 bridgehead atoms. The highest BCUT2D eigenvalue weighted by Gasteiger charge is 1.84. The summed E-state index contributed by atoms with van der Waals surface area (Å²) in [5.74, 6) is 5.74. The number of hydrogen-bond acceptors (Lipinski definition) is 1. The van der Waals surface area contributed by atoms with E-state index < -0.39 is 0 Å². The van der Waals surface area contributed by atoms with Crippen molar-refractivity contribution >= 4 is 0 Å². The molecule has 0 aromatic carbocycles. The maximum atomic E-state index is 4.10. The van der Waals surface area contributed by atoms with E-state index in [-0.39, 0.29) is 0 Å². The van der Waals surface area contributed by atoms with Gasteiger partial charge in [0.1, 0.15) is 0 Å². The summed E-state index contributed by atoms with van der Waals surface area (Å²) in [5.41, 5.74) is 2.01. The van der Waals surface area contributed by atoms with E-state index >= 15 is 0 Å². The van der Waals surface area contributed by atoms with Crippen LogP contribution in [-0.4, -0.2) is 4.98 Å². The minimum Gasteiger partial charge on any atom is -0.260 e. The van der Waals surface area contributed by atoms with Crippen molar-refractivity contribution in [1.82, 2.24) is 4.98 Å². The van der Waals surface area contributed by atoms with Crippen molar-refractivity contribution in [2.24, 2.45) is 0 Å². The van der Waals surface area contributed by atoms with Crippen LogP contribution in [0, 0.1) is 18.8 Å². The lowest BCUT2D eigenvalue weighted by molar-refractivity contribution is 1.19. The molecule has 0 fully saturated rings. The summed E-state index contributed by atoms with van der Waals surface area (Å²) in [4.78, 5) is 4.10. The second-order valence-corrected chi connectivity index (χ2v) is 2.06. The topological polar surface area (TPSA) is 12.9 Å². The van der Waals surface area contributed by atoms with Gasteiger partial charge in [0.05, 0.1) is 0 Å². The Morgan fingerprint density at radius 2 is 1.92 bits per heavy atom. The van der Waals surface area contributed by atoms with Gasteiger partial charge in [-0.15, -0.1) is 5.92 Å². The molecule has 0 atom stereocenters. The molecule has 1 heteroatoms. The molecule has 0 aliphatic rings. The first-order valence-corrected chi connectivity index (χ1v) is 4.18. The van der Waals surface area contributed by atoms with E-state index in [0.717, 1.165) is 11.3 Å². The van der Waals surface area contributed by atoms with Crippen molar-refractivity contribution in [1.29, 1.82) is 0 Å². The highest BCUT2D eigenvalue weighted by molar-refractivity contribution is 5.31. The highest BCUT2D eigenvalue weighted by atomic mass is 14.6. The largest absolute Gasteiger partial charge is 0.260 e. The molecule has 1 rings (SSSR count). The van der Waals surface area contributed by atoms with Gasteiger partial charge in [0.2, 0.25) is 0 Å². The third-order valence-corrected chi connectivity index (χ3v) is 1.18. The van der Waals surface area contributed by atoms with Gasteiger partial charge in [0, 0.05) is 17.5 Å². The summed E-state index contributed by atoms with van der Waals surface area (Å²) < 4.78 is 0. The van der Waals surface area contributed by atoms with Crippen molar-refractivity contribution in [3.8, 4) is 11.8 Å². The van der Waals surface area contributed by atoms with Gasteiger partial charge >= 0.3 is 0 Å². The van der Waals surface area contributed by atoms with Crippen LogP contribution >= 0.6 is 0 Å². The van der Waals surface area contributed by atoms with Gasteiger partial charge in [-0.25, -0.2) is 0 Å². The number of pyridine rings is 1. The number of hydrogen-bond donors (Lipinski definition) is 0. The summed E-state index contributed by atoms with van der Waals surface area (Å²) in [5, 5.41) is 0. The lowest BCUT2D eigenvalue weighted by atomic mass is 10.2.